The van der Waals surface area contributed by atoms with Gasteiger partial charge in [-0.05, 0) is 17.7 Å². The van der Waals surface area contributed by atoms with E-state index >= 15 is 0 Å². The molecule has 0 aliphatic carbocycles. The SMILES string of the molecule is O=C(COC(=O)c1cc([N+](=O)[O-])ccc1NCc1ccccc1Cl)NCCN1C(=O)CSC1=O. The second-order valence-corrected chi connectivity index (χ2v) is 8.29. The average Bonchev–Trinajstić information content (AvgIpc) is 3.14. The van der Waals surface area contributed by atoms with E-state index in [9.17, 15) is 29.3 Å². The minimum Gasteiger partial charge on any atom is -0.452 e. The summed E-state index contributed by atoms with van der Waals surface area (Å²) < 4.78 is 5.01. The lowest BCUT2D eigenvalue weighted by Gasteiger charge is -2.14. The first-order chi connectivity index (χ1) is 16.3. The molecule has 3 rings (SSSR count). The van der Waals surface area contributed by atoms with Gasteiger partial charge in [0.1, 0.15) is 0 Å². The maximum absolute atomic E-state index is 12.6. The van der Waals surface area contributed by atoms with E-state index in [4.69, 9.17) is 16.3 Å². The smallest absolute Gasteiger partial charge is 0.341 e. The third kappa shape index (κ3) is 6.45. The summed E-state index contributed by atoms with van der Waals surface area (Å²) in [5.74, 6) is -1.86. The van der Waals surface area contributed by atoms with Gasteiger partial charge in [0.2, 0.25) is 5.91 Å². The van der Waals surface area contributed by atoms with Crippen LogP contribution in [0.15, 0.2) is 42.5 Å². The van der Waals surface area contributed by atoms with Gasteiger partial charge >= 0.3 is 5.97 Å². The van der Waals surface area contributed by atoms with Crippen molar-refractivity contribution < 1.29 is 28.8 Å². The summed E-state index contributed by atoms with van der Waals surface area (Å²) in [5, 5.41) is 16.7. The molecule has 0 radical (unpaired) electrons. The average molecular weight is 507 g/mol. The lowest BCUT2D eigenvalue weighted by atomic mass is 10.1. The van der Waals surface area contributed by atoms with E-state index in [1.165, 1.54) is 12.1 Å². The number of hydrogen-bond donors (Lipinski definition) is 2. The lowest BCUT2D eigenvalue weighted by Crippen LogP contribution is -2.38. The number of amides is 3. The maximum Gasteiger partial charge on any atom is 0.341 e. The Bertz CT molecular complexity index is 1130. The number of anilines is 1. The highest BCUT2D eigenvalue weighted by Crippen LogP contribution is 2.25. The van der Waals surface area contributed by atoms with Gasteiger partial charge < -0.3 is 15.4 Å². The lowest BCUT2D eigenvalue weighted by molar-refractivity contribution is -0.384. The first-order valence-corrected chi connectivity index (χ1v) is 11.3. The first kappa shape index (κ1) is 25.0. The third-order valence-corrected chi connectivity index (χ3v) is 5.92. The number of hydrogen-bond acceptors (Lipinski definition) is 9. The van der Waals surface area contributed by atoms with Crippen LogP contribution in [0.5, 0.6) is 0 Å². The Labute approximate surface area is 202 Å². The van der Waals surface area contributed by atoms with Crippen molar-refractivity contribution in [3.8, 4) is 0 Å². The van der Waals surface area contributed by atoms with Gasteiger partial charge in [-0.1, -0.05) is 41.6 Å². The number of halogens is 1. The standard InChI is InChI=1S/C21H19ClN4O7S/c22-16-4-2-1-3-13(16)10-24-17-6-5-14(26(31)32)9-15(17)20(29)33-11-18(27)23-7-8-25-19(28)12-34-21(25)30/h1-6,9,24H,7-8,10-12H2,(H,23,27). The minimum absolute atomic E-state index is 0.00409. The summed E-state index contributed by atoms with van der Waals surface area (Å²) in [7, 11) is 0. The fraction of sp³-hybridized carbons (Fsp3) is 0.238. The number of nitro benzene ring substituents is 1. The molecule has 0 bridgehead atoms. The largest absolute Gasteiger partial charge is 0.452 e. The summed E-state index contributed by atoms with van der Waals surface area (Å²) in [6, 6.07) is 10.7. The summed E-state index contributed by atoms with van der Waals surface area (Å²) in [6.45, 7) is -0.409. The van der Waals surface area contributed by atoms with Crippen molar-refractivity contribution in [1.29, 1.82) is 0 Å². The maximum atomic E-state index is 12.6. The molecule has 0 saturated carbocycles. The number of ether oxygens (including phenoxy) is 1. The van der Waals surface area contributed by atoms with E-state index in [2.05, 4.69) is 10.6 Å². The highest BCUT2D eigenvalue weighted by molar-refractivity contribution is 8.14. The summed E-state index contributed by atoms with van der Waals surface area (Å²) >= 11 is 7.02. The number of nitrogens with zero attached hydrogens (tertiary/aromatic N) is 2. The molecule has 1 heterocycles. The number of nitro groups is 1. The fourth-order valence-corrected chi connectivity index (χ4v) is 3.92. The molecule has 0 atom stereocenters. The van der Waals surface area contributed by atoms with Crippen LogP contribution in [0.4, 0.5) is 16.2 Å². The van der Waals surface area contributed by atoms with E-state index < -0.39 is 23.4 Å². The molecule has 13 heteroatoms. The molecule has 1 fully saturated rings. The molecule has 0 unspecified atom stereocenters. The number of esters is 1. The molecule has 0 aromatic heterocycles. The molecule has 2 aromatic rings. The molecular weight excluding hydrogens is 488 g/mol. The highest BCUT2D eigenvalue weighted by Gasteiger charge is 2.29. The third-order valence-electron chi connectivity index (χ3n) is 4.69. The van der Waals surface area contributed by atoms with Crippen molar-refractivity contribution in [3.05, 3.63) is 68.7 Å². The van der Waals surface area contributed by atoms with Gasteiger partial charge in [0.25, 0.3) is 16.8 Å². The Morgan fingerprint density at radius 1 is 1.21 bits per heavy atom. The van der Waals surface area contributed by atoms with E-state index in [-0.39, 0.29) is 53.5 Å². The normalized spacial score (nSPS) is 13.0. The molecule has 1 saturated heterocycles. The van der Waals surface area contributed by atoms with E-state index in [0.29, 0.717) is 5.02 Å². The molecule has 2 N–H and O–H groups in total. The molecule has 178 valence electrons. The van der Waals surface area contributed by atoms with Crippen molar-refractivity contribution in [1.82, 2.24) is 10.2 Å². The van der Waals surface area contributed by atoms with Crippen LogP contribution >= 0.6 is 23.4 Å². The van der Waals surface area contributed by atoms with Crippen molar-refractivity contribution in [2.24, 2.45) is 0 Å². The van der Waals surface area contributed by atoms with Gasteiger partial charge in [-0.3, -0.25) is 29.4 Å². The monoisotopic (exact) mass is 506 g/mol. The Balaban J connectivity index is 1.59. The van der Waals surface area contributed by atoms with Crippen molar-refractivity contribution >= 4 is 57.8 Å². The van der Waals surface area contributed by atoms with E-state index in [1.54, 1.807) is 24.3 Å². The van der Waals surface area contributed by atoms with Crippen LogP contribution in [0.2, 0.25) is 5.02 Å². The minimum atomic E-state index is -0.943. The molecule has 11 nitrogen and oxygen atoms in total. The van der Waals surface area contributed by atoms with Gasteiger partial charge in [-0.15, -0.1) is 0 Å². The zero-order valence-electron chi connectivity index (χ0n) is 17.6. The second-order valence-electron chi connectivity index (χ2n) is 6.96. The van der Waals surface area contributed by atoms with Crippen LogP contribution in [0.25, 0.3) is 0 Å². The van der Waals surface area contributed by atoms with Crippen LogP contribution in [0.1, 0.15) is 15.9 Å². The molecule has 34 heavy (non-hydrogen) atoms. The Kier molecular flexibility index (Phi) is 8.44. The number of carbonyl (C=O) groups is 4. The van der Waals surface area contributed by atoms with Crippen molar-refractivity contribution in [3.63, 3.8) is 0 Å². The van der Waals surface area contributed by atoms with Crippen molar-refractivity contribution in [2.45, 2.75) is 6.54 Å². The Morgan fingerprint density at radius 3 is 2.65 bits per heavy atom. The fourth-order valence-electron chi connectivity index (χ4n) is 2.97. The van der Waals surface area contributed by atoms with Crippen LogP contribution in [-0.4, -0.2) is 58.3 Å². The van der Waals surface area contributed by atoms with Crippen LogP contribution in [-0.2, 0) is 20.9 Å². The number of rotatable bonds is 10. The van der Waals surface area contributed by atoms with Gasteiger partial charge in [0, 0.05) is 42.5 Å². The molecule has 0 spiro atoms. The molecular formula is C21H19ClN4O7S. The number of imide groups is 1. The topological polar surface area (TPSA) is 148 Å². The molecule has 1 aliphatic heterocycles. The molecule has 2 aromatic carbocycles. The first-order valence-electron chi connectivity index (χ1n) is 9.93. The van der Waals surface area contributed by atoms with Gasteiger partial charge in [-0.25, -0.2) is 4.79 Å². The Morgan fingerprint density at radius 2 is 1.97 bits per heavy atom. The van der Waals surface area contributed by atoms with E-state index in [1.807, 2.05) is 0 Å². The van der Waals surface area contributed by atoms with Crippen LogP contribution < -0.4 is 10.6 Å². The molecule has 1 aliphatic rings. The zero-order valence-corrected chi connectivity index (χ0v) is 19.2. The Hall–Kier alpha value is -3.64. The van der Waals surface area contributed by atoms with Gasteiger partial charge in [0.05, 0.1) is 16.2 Å². The summed E-state index contributed by atoms with van der Waals surface area (Å²) in [5.41, 5.74) is 0.561. The van der Waals surface area contributed by atoms with Gasteiger partial charge in [-0.2, -0.15) is 0 Å². The highest BCUT2D eigenvalue weighted by atomic mass is 35.5. The number of carbonyl (C=O) groups excluding carboxylic acids is 4. The van der Waals surface area contributed by atoms with Crippen LogP contribution in [0, 0.1) is 10.1 Å². The zero-order chi connectivity index (χ0) is 24.7. The van der Waals surface area contributed by atoms with Gasteiger partial charge in [0.15, 0.2) is 6.61 Å². The summed E-state index contributed by atoms with van der Waals surface area (Å²) in [6.07, 6.45) is 0. The number of non-ortho nitro benzene ring substituents is 1. The molecule has 3 amide bonds. The van der Waals surface area contributed by atoms with E-state index in [0.717, 1.165) is 28.3 Å². The van der Waals surface area contributed by atoms with Crippen LogP contribution in [0.3, 0.4) is 0 Å². The quantitative estimate of drug-likeness (QED) is 0.282. The number of nitrogens with one attached hydrogen (secondary N) is 2. The number of thioether (sulfide) groups is 1. The second kappa shape index (κ2) is 11.5. The number of benzene rings is 2. The predicted octanol–water partition coefficient (Wildman–Crippen LogP) is 2.83. The summed E-state index contributed by atoms with van der Waals surface area (Å²) in [4.78, 5) is 59.2. The predicted molar refractivity (Wildman–Crippen MR) is 125 cm³/mol. The van der Waals surface area contributed by atoms with Crippen molar-refractivity contribution in [2.75, 3.05) is 30.8 Å².